The van der Waals surface area contributed by atoms with Crippen molar-refractivity contribution in [2.75, 3.05) is 24.0 Å². The predicted molar refractivity (Wildman–Crippen MR) is 172 cm³/mol. The molecule has 4 aromatic rings. The first kappa shape index (κ1) is 32.9. The minimum absolute atomic E-state index is 0.0159. The fourth-order valence-corrected chi connectivity index (χ4v) is 4.42. The molecule has 0 aliphatic carbocycles. The van der Waals surface area contributed by atoms with Crippen molar-refractivity contribution in [1.82, 2.24) is 4.98 Å². The summed E-state index contributed by atoms with van der Waals surface area (Å²) in [6.07, 6.45) is 0.495. The molecule has 0 saturated heterocycles. The molecule has 4 rings (SSSR count). The summed E-state index contributed by atoms with van der Waals surface area (Å²) < 4.78 is 10.1. The Morgan fingerprint density at radius 1 is 0.905 bits per heavy atom. The van der Waals surface area contributed by atoms with Gasteiger partial charge in [-0.2, -0.15) is 0 Å². The molecule has 1 amide bonds. The van der Waals surface area contributed by atoms with Gasteiger partial charge in [-0.25, -0.2) is 4.79 Å². The lowest BCUT2D eigenvalue weighted by Gasteiger charge is -2.17. The average molecular weight is 611 g/mol. The van der Waals surface area contributed by atoms with Gasteiger partial charge < -0.3 is 20.1 Å². The van der Waals surface area contributed by atoms with Crippen molar-refractivity contribution in [2.24, 2.45) is 5.41 Å². The Labute approximate surface area is 257 Å². The van der Waals surface area contributed by atoms with E-state index in [-0.39, 0.29) is 18.1 Å². The number of hydrogen-bond acceptors (Lipinski definition) is 6. The number of hydrogen-bond donors (Lipinski definition) is 2. The van der Waals surface area contributed by atoms with Gasteiger partial charge in [0, 0.05) is 24.1 Å². The number of carbonyl (C=O) groups excluding carboxylic acids is 2. The molecule has 3 aromatic carbocycles. The molecule has 0 fully saturated rings. The number of rotatable bonds is 8. The van der Waals surface area contributed by atoms with E-state index in [1.165, 1.54) is 0 Å². The molecule has 222 valence electrons. The summed E-state index contributed by atoms with van der Waals surface area (Å²) in [5.74, 6) is -0.454. The zero-order valence-corrected chi connectivity index (χ0v) is 26.3. The third-order valence-corrected chi connectivity index (χ3v) is 6.79. The number of carbonyl (C=O) groups is 2. The Morgan fingerprint density at radius 2 is 1.62 bits per heavy atom. The van der Waals surface area contributed by atoms with E-state index in [4.69, 9.17) is 32.7 Å². The van der Waals surface area contributed by atoms with Gasteiger partial charge in [0.2, 0.25) is 5.91 Å². The number of halogens is 2. The number of anilines is 3. The molecule has 0 aliphatic rings. The fourth-order valence-electron chi connectivity index (χ4n) is 3.95. The number of ether oxygens (including phenoxy) is 2. The summed E-state index contributed by atoms with van der Waals surface area (Å²) in [4.78, 5) is 28.7. The molecule has 0 bridgehead atoms. The molecule has 0 unspecified atom stereocenters. The molecule has 0 radical (unpaired) electrons. The van der Waals surface area contributed by atoms with Crippen molar-refractivity contribution in [1.29, 1.82) is 0 Å². The highest BCUT2D eigenvalue weighted by Crippen LogP contribution is 2.36. The summed E-state index contributed by atoms with van der Waals surface area (Å²) in [7, 11) is 0. The maximum absolute atomic E-state index is 12.2. The minimum Gasteiger partial charge on any atom is -0.435 e. The number of esters is 1. The van der Waals surface area contributed by atoms with Crippen molar-refractivity contribution in [3.05, 3.63) is 93.6 Å². The van der Waals surface area contributed by atoms with Gasteiger partial charge in [0.1, 0.15) is 0 Å². The highest BCUT2D eigenvalue weighted by Gasteiger charge is 2.17. The molecule has 0 atom stereocenters. The molecule has 2 N–H and O–H groups in total. The molecule has 42 heavy (non-hydrogen) atoms. The number of benzene rings is 3. The predicted octanol–water partition coefficient (Wildman–Crippen LogP) is 9.11. The number of aryl methyl sites for hydroxylation is 2. The van der Waals surface area contributed by atoms with E-state index in [0.717, 1.165) is 27.8 Å². The van der Waals surface area contributed by atoms with Crippen LogP contribution in [0.4, 0.5) is 17.1 Å². The third-order valence-electron chi connectivity index (χ3n) is 5.99. The van der Waals surface area contributed by atoms with Crippen LogP contribution >= 0.6 is 23.2 Å². The number of nitrogens with zero attached hydrogens (tertiary/aromatic N) is 1. The minimum atomic E-state index is -0.485. The molecule has 0 aliphatic heterocycles. The SMILES string of the molecule is CCOCOC(=O)c1ccccc1Nc1c(Cl)ccc(C)c1Cl.Cc1ccc2cccc(NC(=O)CC(C)(C)C)c2n1. The second-order valence-corrected chi connectivity index (χ2v) is 11.7. The lowest BCUT2D eigenvalue weighted by Crippen LogP contribution is -2.19. The zero-order chi connectivity index (χ0) is 30.9. The van der Waals surface area contributed by atoms with E-state index in [0.29, 0.717) is 40.0 Å². The van der Waals surface area contributed by atoms with E-state index in [2.05, 4.69) is 36.4 Å². The summed E-state index contributed by atoms with van der Waals surface area (Å²) >= 11 is 12.5. The van der Waals surface area contributed by atoms with Gasteiger partial charge in [-0.05, 0) is 62.1 Å². The van der Waals surface area contributed by atoms with Crippen molar-refractivity contribution >= 4 is 63.0 Å². The van der Waals surface area contributed by atoms with Crippen molar-refractivity contribution in [3.8, 4) is 0 Å². The molecule has 9 heteroatoms. The standard InChI is InChI=1S/C17H17Cl2NO3.C16H20N2O/c1-3-22-10-23-17(21)12-6-4-5-7-14(12)20-16-13(18)9-8-11(2)15(16)19;1-11-8-9-12-6-5-7-13(15(12)17-11)18-14(19)10-16(2,3)4/h4-9,20H,3,10H2,1-2H3;5-9H,10H2,1-4H3,(H,18,19). The number of fused-ring (bicyclic) bond motifs is 1. The topological polar surface area (TPSA) is 89.5 Å². The van der Waals surface area contributed by atoms with Gasteiger partial charge in [-0.15, -0.1) is 0 Å². The largest absolute Gasteiger partial charge is 0.435 e. The van der Waals surface area contributed by atoms with Crippen LogP contribution in [0.3, 0.4) is 0 Å². The third kappa shape index (κ3) is 9.44. The van der Waals surface area contributed by atoms with Crippen LogP contribution < -0.4 is 10.6 Å². The summed E-state index contributed by atoms with van der Waals surface area (Å²) in [5.41, 5.74) is 4.95. The summed E-state index contributed by atoms with van der Waals surface area (Å²) in [5, 5.41) is 8.10. The number of amides is 1. The highest BCUT2D eigenvalue weighted by molar-refractivity contribution is 6.39. The lowest BCUT2D eigenvalue weighted by atomic mass is 9.92. The number of para-hydroxylation sites is 2. The van der Waals surface area contributed by atoms with Crippen LogP contribution in [0.2, 0.25) is 10.0 Å². The summed E-state index contributed by atoms with van der Waals surface area (Å²) in [6.45, 7) is 12.2. The Hall–Kier alpha value is -3.65. The Morgan fingerprint density at radius 3 is 2.33 bits per heavy atom. The Balaban J connectivity index is 0.000000235. The number of pyridine rings is 1. The zero-order valence-electron chi connectivity index (χ0n) is 24.8. The van der Waals surface area contributed by atoms with Crippen molar-refractivity contribution in [3.63, 3.8) is 0 Å². The van der Waals surface area contributed by atoms with Crippen LogP contribution in [0.25, 0.3) is 10.9 Å². The molecule has 1 aromatic heterocycles. The number of nitrogens with one attached hydrogen (secondary N) is 2. The van der Waals surface area contributed by atoms with Crippen LogP contribution in [0, 0.1) is 19.3 Å². The van der Waals surface area contributed by atoms with E-state index < -0.39 is 5.97 Å². The summed E-state index contributed by atoms with van der Waals surface area (Å²) in [6, 6.07) is 20.4. The van der Waals surface area contributed by atoms with Gasteiger partial charge >= 0.3 is 5.97 Å². The average Bonchev–Trinajstić information content (AvgIpc) is 2.93. The first-order chi connectivity index (χ1) is 19.9. The van der Waals surface area contributed by atoms with E-state index in [1.54, 1.807) is 30.3 Å². The van der Waals surface area contributed by atoms with Gasteiger partial charge in [-0.1, -0.05) is 80.4 Å². The molecule has 0 spiro atoms. The van der Waals surface area contributed by atoms with Gasteiger partial charge in [0.15, 0.2) is 6.79 Å². The fraction of sp³-hybridized carbons (Fsp3) is 0.303. The second kappa shape index (κ2) is 15.0. The van der Waals surface area contributed by atoms with E-state index in [1.807, 2.05) is 57.2 Å². The van der Waals surface area contributed by atoms with E-state index in [9.17, 15) is 9.59 Å². The first-order valence-corrected chi connectivity index (χ1v) is 14.4. The maximum atomic E-state index is 12.2. The smallest absolute Gasteiger partial charge is 0.342 e. The van der Waals surface area contributed by atoms with Crippen molar-refractivity contribution < 1.29 is 19.1 Å². The lowest BCUT2D eigenvalue weighted by molar-refractivity contribution is -0.117. The quantitative estimate of drug-likeness (QED) is 0.118. The molecule has 0 saturated carbocycles. The number of aromatic nitrogens is 1. The van der Waals surface area contributed by atoms with Crippen LogP contribution in [0.5, 0.6) is 0 Å². The first-order valence-electron chi connectivity index (χ1n) is 13.6. The highest BCUT2D eigenvalue weighted by atomic mass is 35.5. The Kier molecular flexibility index (Phi) is 11.7. The van der Waals surface area contributed by atoms with Crippen LogP contribution in [-0.2, 0) is 14.3 Å². The molecular weight excluding hydrogens is 573 g/mol. The monoisotopic (exact) mass is 609 g/mol. The van der Waals surface area contributed by atoms with Crippen molar-refractivity contribution in [2.45, 2.75) is 48.0 Å². The van der Waals surface area contributed by atoms with Gasteiger partial charge in [-0.3, -0.25) is 9.78 Å². The normalized spacial score (nSPS) is 11.0. The molecule has 7 nitrogen and oxygen atoms in total. The maximum Gasteiger partial charge on any atom is 0.342 e. The molecule has 1 heterocycles. The van der Waals surface area contributed by atoms with Gasteiger partial charge in [0.25, 0.3) is 0 Å². The second-order valence-electron chi connectivity index (χ2n) is 10.9. The van der Waals surface area contributed by atoms with Crippen LogP contribution in [0.15, 0.2) is 66.7 Å². The van der Waals surface area contributed by atoms with E-state index >= 15 is 0 Å². The van der Waals surface area contributed by atoms with Crippen LogP contribution in [-0.4, -0.2) is 30.3 Å². The van der Waals surface area contributed by atoms with Gasteiger partial charge in [0.05, 0.1) is 38.2 Å². The Bertz CT molecular complexity index is 1550. The van der Waals surface area contributed by atoms with Crippen LogP contribution in [0.1, 0.15) is 55.7 Å². The molecular formula is C33H37Cl2N3O4.